The van der Waals surface area contributed by atoms with Crippen LogP contribution in [0.2, 0.25) is 0 Å². The first-order chi connectivity index (χ1) is 9.89. The molecule has 3 fully saturated rings. The lowest BCUT2D eigenvalue weighted by molar-refractivity contribution is -0.142. The number of piperidine rings is 1. The van der Waals surface area contributed by atoms with Gasteiger partial charge in [-0.2, -0.15) is 17.0 Å². The summed E-state index contributed by atoms with van der Waals surface area (Å²) in [5, 5.41) is 18.9. The van der Waals surface area contributed by atoms with Gasteiger partial charge in [-0.3, -0.25) is 4.79 Å². The van der Waals surface area contributed by atoms with Crippen molar-refractivity contribution in [1.29, 1.82) is 0 Å². The number of fused-ring (bicyclic) bond motifs is 1. The third kappa shape index (κ3) is 2.69. The van der Waals surface area contributed by atoms with Crippen LogP contribution in [0.3, 0.4) is 0 Å². The van der Waals surface area contributed by atoms with Crippen LogP contribution in [0.25, 0.3) is 0 Å². The molecule has 0 spiro atoms. The van der Waals surface area contributed by atoms with Crippen LogP contribution >= 0.6 is 0 Å². The van der Waals surface area contributed by atoms with E-state index < -0.39 is 22.1 Å². The van der Waals surface area contributed by atoms with Gasteiger partial charge in [-0.15, -0.1) is 0 Å². The Morgan fingerprint density at radius 1 is 1.00 bits per heavy atom. The van der Waals surface area contributed by atoms with Gasteiger partial charge >= 0.3 is 5.97 Å². The van der Waals surface area contributed by atoms with Gasteiger partial charge in [0, 0.05) is 32.1 Å². The van der Waals surface area contributed by atoms with Crippen molar-refractivity contribution in [1.82, 2.24) is 8.61 Å². The highest BCUT2D eigenvalue weighted by Crippen LogP contribution is 2.39. The summed E-state index contributed by atoms with van der Waals surface area (Å²) in [4.78, 5) is 10.9. The molecule has 0 radical (unpaired) electrons. The van der Waals surface area contributed by atoms with Crippen LogP contribution in [-0.4, -0.2) is 65.5 Å². The highest BCUT2D eigenvalue weighted by atomic mass is 32.2. The maximum atomic E-state index is 12.6. The molecule has 2 aliphatic heterocycles. The molecule has 0 aromatic carbocycles. The summed E-state index contributed by atoms with van der Waals surface area (Å²) in [5.74, 6) is -0.940. The average Bonchev–Trinajstić information content (AvgIpc) is 3.02. The summed E-state index contributed by atoms with van der Waals surface area (Å²) in [5.41, 5.74) is 0. The van der Waals surface area contributed by atoms with Crippen molar-refractivity contribution in [2.24, 2.45) is 17.8 Å². The van der Waals surface area contributed by atoms with Crippen molar-refractivity contribution < 1.29 is 23.4 Å². The molecule has 21 heavy (non-hydrogen) atoms. The first kappa shape index (κ1) is 15.2. The van der Waals surface area contributed by atoms with Crippen molar-refractivity contribution in [2.75, 3.05) is 26.2 Å². The van der Waals surface area contributed by atoms with E-state index in [1.165, 1.54) is 8.61 Å². The number of hydrogen-bond acceptors (Lipinski definition) is 4. The predicted octanol–water partition coefficient (Wildman–Crippen LogP) is -0.269. The molecular formula is C13H22N2O5S. The zero-order valence-corrected chi connectivity index (χ0v) is 12.7. The zero-order chi connectivity index (χ0) is 15.2. The third-order valence-corrected chi connectivity index (χ3v) is 7.21. The molecular weight excluding hydrogens is 296 g/mol. The van der Waals surface area contributed by atoms with E-state index in [2.05, 4.69) is 0 Å². The lowest BCUT2D eigenvalue weighted by Gasteiger charge is -2.32. The zero-order valence-electron chi connectivity index (χ0n) is 11.9. The molecule has 7 nitrogen and oxygen atoms in total. The first-order valence-electron chi connectivity index (χ1n) is 7.55. The smallest absolute Gasteiger partial charge is 0.306 e. The number of aliphatic hydroxyl groups is 1. The molecule has 0 aromatic heterocycles. The number of carboxylic acid groups (broad SMARTS) is 1. The topological polar surface area (TPSA) is 98.2 Å². The molecule has 8 heteroatoms. The summed E-state index contributed by atoms with van der Waals surface area (Å²) < 4.78 is 28.1. The molecule has 0 amide bonds. The number of rotatable bonds is 3. The quantitative estimate of drug-likeness (QED) is 0.746. The fourth-order valence-electron chi connectivity index (χ4n) is 3.88. The van der Waals surface area contributed by atoms with E-state index in [4.69, 9.17) is 5.11 Å². The van der Waals surface area contributed by atoms with E-state index in [0.29, 0.717) is 25.9 Å². The van der Waals surface area contributed by atoms with Gasteiger partial charge in [0.05, 0.1) is 12.0 Å². The molecule has 120 valence electrons. The van der Waals surface area contributed by atoms with Gasteiger partial charge in [0.25, 0.3) is 10.2 Å². The fourth-order valence-corrected chi connectivity index (χ4v) is 5.62. The Kier molecular flexibility index (Phi) is 3.98. The van der Waals surface area contributed by atoms with Gasteiger partial charge in [0.2, 0.25) is 0 Å². The third-order valence-electron chi connectivity index (χ3n) is 5.24. The summed E-state index contributed by atoms with van der Waals surface area (Å²) in [7, 11) is -3.51. The predicted molar refractivity (Wildman–Crippen MR) is 74.6 cm³/mol. The van der Waals surface area contributed by atoms with E-state index in [1.54, 1.807) is 0 Å². The standard InChI is InChI=1S/C13H22N2O5S/c16-12-2-1-10-7-15(8-11(10)12)21(19,20)14-5-3-9(4-6-14)13(17)18/h9-12,16H,1-8H2,(H,17,18). The number of aliphatic hydroxyl groups excluding tert-OH is 1. The Labute approximate surface area is 124 Å². The van der Waals surface area contributed by atoms with E-state index in [1.807, 2.05) is 0 Å². The fraction of sp³-hybridized carbons (Fsp3) is 0.923. The summed E-state index contributed by atoms with van der Waals surface area (Å²) in [6.45, 7) is 1.43. The maximum absolute atomic E-state index is 12.6. The number of hydrogen-bond donors (Lipinski definition) is 2. The monoisotopic (exact) mass is 318 g/mol. The normalized spacial score (nSPS) is 36.0. The van der Waals surface area contributed by atoms with E-state index in [9.17, 15) is 18.3 Å². The molecule has 3 unspecified atom stereocenters. The Bertz CT molecular complexity index is 515. The van der Waals surface area contributed by atoms with Crippen molar-refractivity contribution in [2.45, 2.75) is 31.8 Å². The number of carboxylic acids is 1. The second kappa shape index (κ2) is 5.49. The van der Waals surface area contributed by atoms with Crippen molar-refractivity contribution in [3.05, 3.63) is 0 Å². The van der Waals surface area contributed by atoms with E-state index in [-0.39, 0.29) is 31.0 Å². The Balaban J connectivity index is 1.64. The maximum Gasteiger partial charge on any atom is 0.306 e. The molecule has 3 aliphatic rings. The van der Waals surface area contributed by atoms with Crippen LogP contribution in [0.5, 0.6) is 0 Å². The summed E-state index contributed by atoms with van der Waals surface area (Å²) >= 11 is 0. The number of carbonyl (C=O) groups is 1. The second-order valence-corrected chi connectivity index (χ2v) is 8.33. The van der Waals surface area contributed by atoms with Crippen LogP contribution in [-0.2, 0) is 15.0 Å². The molecule has 2 heterocycles. The minimum absolute atomic E-state index is 0.0660. The lowest BCUT2D eigenvalue weighted by atomic mass is 9.99. The summed E-state index contributed by atoms with van der Waals surface area (Å²) in [6.07, 6.45) is 2.02. The van der Waals surface area contributed by atoms with Crippen molar-refractivity contribution >= 4 is 16.2 Å². The molecule has 2 N–H and O–H groups in total. The Hall–Kier alpha value is -0.700. The van der Waals surface area contributed by atoms with E-state index >= 15 is 0 Å². The van der Waals surface area contributed by atoms with Gasteiger partial charge in [0.15, 0.2) is 0 Å². The van der Waals surface area contributed by atoms with Gasteiger partial charge in [-0.05, 0) is 31.6 Å². The van der Waals surface area contributed by atoms with Gasteiger partial charge in [-0.1, -0.05) is 0 Å². The lowest BCUT2D eigenvalue weighted by Crippen LogP contribution is -2.47. The van der Waals surface area contributed by atoms with Gasteiger partial charge < -0.3 is 10.2 Å². The molecule has 0 aromatic rings. The van der Waals surface area contributed by atoms with Crippen LogP contribution in [0.4, 0.5) is 0 Å². The number of aliphatic carboxylic acids is 1. The van der Waals surface area contributed by atoms with Gasteiger partial charge in [-0.25, -0.2) is 0 Å². The Morgan fingerprint density at radius 2 is 1.67 bits per heavy atom. The average molecular weight is 318 g/mol. The Morgan fingerprint density at radius 3 is 2.24 bits per heavy atom. The van der Waals surface area contributed by atoms with Crippen molar-refractivity contribution in [3.63, 3.8) is 0 Å². The molecule has 3 atom stereocenters. The highest BCUT2D eigenvalue weighted by molar-refractivity contribution is 7.86. The SMILES string of the molecule is O=C(O)C1CCN(S(=O)(=O)N2CC3CCC(O)C3C2)CC1. The van der Waals surface area contributed by atoms with Crippen LogP contribution in [0, 0.1) is 17.8 Å². The van der Waals surface area contributed by atoms with Gasteiger partial charge in [0.1, 0.15) is 0 Å². The van der Waals surface area contributed by atoms with Crippen LogP contribution in [0.1, 0.15) is 25.7 Å². The first-order valence-corrected chi connectivity index (χ1v) is 8.95. The molecule has 1 aliphatic carbocycles. The molecule has 0 bridgehead atoms. The number of nitrogens with zero attached hydrogens (tertiary/aromatic N) is 2. The summed E-state index contributed by atoms with van der Waals surface area (Å²) in [6, 6.07) is 0. The molecule has 3 rings (SSSR count). The highest BCUT2D eigenvalue weighted by Gasteiger charge is 2.47. The van der Waals surface area contributed by atoms with Crippen molar-refractivity contribution in [3.8, 4) is 0 Å². The van der Waals surface area contributed by atoms with Crippen LogP contribution in [0.15, 0.2) is 0 Å². The van der Waals surface area contributed by atoms with E-state index in [0.717, 1.165) is 12.8 Å². The molecule has 1 saturated carbocycles. The minimum atomic E-state index is -3.51. The minimum Gasteiger partial charge on any atom is -0.481 e. The van der Waals surface area contributed by atoms with Crippen LogP contribution < -0.4 is 0 Å². The molecule has 2 saturated heterocycles. The largest absolute Gasteiger partial charge is 0.481 e. The second-order valence-electron chi connectivity index (χ2n) is 6.40.